The van der Waals surface area contributed by atoms with Crippen molar-refractivity contribution < 1.29 is 57.8 Å². The number of hydrogen-bond acceptors (Lipinski definition) is 15. The van der Waals surface area contributed by atoms with Gasteiger partial charge in [0.25, 0.3) is 0 Å². The van der Waals surface area contributed by atoms with E-state index in [1.54, 1.807) is 44.2 Å². The van der Waals surface area contributed by atoms with E-state index in [-0.39, 0.29) is 67.9 Å². The first-order chi connectivity index (χ1) is 38.9. The molecule has 15 N–H and O–H groups in total. The molecule has 0 aromatic heterocycles. The van der Waals surface area contributed by atoms with Crippen LogP contribution in [0.5, 0.6) is 5.75 Å². The average Bonchev–Trinajstić information content (AvgIpc) is 4.26. The third-order valence-corrected chi connectivity index (χ3v) is 15.0. The predicted octanol–water partition coefficient (Wildman–Crippen LogP) is -2.46. The number of aromatic hydroxyl groups is 1. The van der Waals surface area contributed by atoms with Gasteiger partial charge in [0.1, 0.15) is 66.2 Å². The molecule has 2 heterocycles. The number of nitrogens with zero attached hydrogens (tertiary/aromatic N) is 3. The number of phenols is 1. The maximum atomic E-state index is 14.4. The Morgan fingerprint density at radius 2 is 1.07 bits per heavy atom. The fourth-order valence-electron chi connectivity index (χ4n) is 9.34. The van der Waals surface area contributed by atoms with E-state index in [4.69, 9.17) is 17.2 Å². The van der Waals surface area contributed by atoms with Gasteiger partial charge in [-0.2, -0.15) is 25.3 Å². The number of guanidine groups is 1. The molecule has 2 aromatic carbocycles. The van der Waals surface area contributed by atoms with Crippen LogP contribution < -0.4 is 59.7 Å². The summed E-state index contributed by atoms with van der Waals surface area (Å²) < 4.78 is 0. The highest BCUT2D eigenvalue weighted by molar-refractivity contribution is 7.80. The lowest BCUT2D eigenvalue weighted by Gasteiger charge is -2.30. The summed E-state index contributed by atoms with van der Waals surface area (Å²) in [7, 11) is 0. The Labute approximate surface area is 488 Å². The van der Waals surface area contributed by atoms with Crippen molar-refractivity contribution in [2.24, 2.45) is 28.1 Å². The Hall–Kier alpha value is -7.62. The first kappa shape index (κ1) is 66.9. The SMILES string of the molecule is CC[C@H](C)[C@H](NC(=O)[C@H](Cc1ccc(O)cc1)NC(=O)[C@H](C)NC(=O)[C@H](Cc1ccccc1)NC(=O)[C@H](CS)NC(=O)[C@H](CS)NC(=O)[C@@H]1CCCN1C(C)=O)C(=O)N[C@@H](C)C(=O)N[C@@H](CCCN=C(N)N)C(=O)N1CCC[C@H]1C(N)=O. The van der Waals surface area contributed by atoms with Crippen LogP contribution in [0, 0.1) is 5.92 Å². The van der Waals surface area contributed by atoms with E-state index < -0.39 is 125 Å². The number of likely N-dealkylation sites (tertiary alicyclic amines) is 2. The zero-order chi connectivity index (χ0) is 60.8. The molecule has 0 aliphatic carbocycles. The molecule has 82 heavy (non-hydrogen) atoms. The molecule has 11 atom stereocenters. The lowest BCUT2D eigenvalue weighted by atomic mass is 9.96. The van der Waals surface area contributed by atoms with Gasteiger partial charge in [0.05, 0.1) is 0 Å². The number of rotatable bonds is 30. The summed E-state index contributed by atoms with van der Waals surface area (Å²) in [5.74, 6) is -8.90. The molecule has 28 heteroatoms. The maximum Gasteiger partial charge on any atom is 0.245 e. The standard InChI is InChI=1S/C54H80N14O12S2/c1-6-29(2)43(52(79)60-31(4)45(72)61-36(15-10-22-58-54(56)57)53(80)68-24-11-16-41(68)44(55)71)66-48(75)38(26-34-18-20-35(70)21-19-34)62-46(73)30(3)59-47(74)37(25-33-13-8-7-9-14-33)63-49(76)39(27-81)64-50(77)40(28-82)65-51(78)42-17-12-23-67(42)32(5)69/h7-9,13-14,18-21,29-31,36-43,70,81-82H,6,10-12,15-17,22-28H2,1-5H3,(H2,55,71)(H,59,74)(H,60,79)(H,61,72)(H,62,73)(H,63,76)(H,64,77)(H,65,78)(H,66,75)(H4,56,57,58)/t29-,30-,31-,36-,37-,38-,39-,40-,41-,42-,43-/m0/s1. The Morgan fingerprint density at radius 1 is 0.598 bits per heavy atom. The van der Waals surface area contributed by atoms with Crippen LogP contribution in [0.2, 0.25) is 0 Å². The van der Waals surface area contributed by atoms with Crippen molar-refractivity contribution in [1.82, 2.24) is 52.3 Å². The lowest BCUT2D eigenvalue weighted by Crippen LogP contribution is -2.61. The zero-order valence-electron chi connectivity index (χ0n) is 46.9. The van der Waals surface area contributed by atoms with Crippen LogP contribution in [-0.4, -0.2) is 177 Å². The number of thiol groups is 2. The number of nitrogens with one attached hydrogen (secondary N) is 8. The Bertz CT molecular complexity index is 2610. The van der Waals surface area contributed by atoms with Crippen LogP contribution in [0.1, 0.15) is 90.7 Å². The number of hydrogen-bond donors (Lipinski definition) is 14. The summed E-state index contributed by atoms with van der Waals surface area (Å²) in [5, 5.41) is 31.1. The zero-order valence-corrected chi connectivity index (χ0v) is 48.6. The molecule has 0 bridgehead atoms. The van der Waals surface area contributed by atoms with Crippen LogP contribution in [0.25, 0.3) is 0 Å². The molecule has 26 nitrogen and oxygen atoms in total. The first-order valence-corrected chi connectivity index (χ1v) is 28.5. The van der Waals surface area contributed by atoms with E-state index in [1.165, 1.54) is 54.8 Å². The minimum Gasteiger partial charge on any atom is -0.508 e. The van der Waals surface area contributed by atoms with Gasteiger partial charge in [0.15, 0.2) is 5.96 Å². The highest BCUT2D eigenvalue weighted by atomic mass is 32.1. The van der Waals surface area contributed by atoms with Crippen molar-refractivity contribution in [3.63, 3.8) is 0 Å². The largest absolute Gasteiger partial charge is 0.508 e. The Morgan fingerprint density at radius 3 is 1.61 bits per heavy atom. The predicted molar refractivity (Wildman–Crippen MR) is 310 cm³/mol. The molecule has 0 unspecified atom stereocenters. The third-order valence-electron chi connectivity index (χ3n) is 14.2. The summed E-state index contributed by atoms with van der Waals surface area (Å²) in [6, 6.07) is 2.43. The van der Waals surface area contributed by atoms with Gasteiger partial charge < -0.3 is 74.6 Å². The molecule has 2 saturated heterocycles. The van der Waals surface area contributed by atoms with Gasteiger partial charge >= 0.3 is 0 Å². The second-order valence-electron chi connectivity index (χ2n) is 20.5. The average molecular weight is 1180 g/mol. The van der Waals surface area contributed by atoms with E-state index in [2.05, 4.69) is 72.8 Å². The summed E-state index contributed by atoms with van der Waals surface area (Å²) in [4.78, 5) is 156. The molecule has 450 valence electrons. The number of carbonyl (C=O) groups is 11. The Kier molecular flexibility index (Phi) is 26.7. The third kappa shape index (κ3) is 20.1. The van der Waals surface area contributed by atoms with Crippen molar-refractivity contribution in [1.29, 1.82) is 0 Å². The second-order valence-corrected chi connectivity index (χ2v) is 21.2. The van der Waals surface area contributed by atoms with Gasteiger partial charge in [-0.3, -0.25) is 57.7 Å². The molecule has 0 saturated carbocycles. The number of nitrogens with two attached hydrogens (primary N) is 3. The van der Waals surface area contributed by atoms with Gasteiger partial charge in [0, 0.05) is 50.9 Å². The summed E-state index contributed by atoms with van der Waals surface area (Å²) in [6.07, 6.45) is 2.33. The number of amides is 11. The van der Waals surface area contributed by atoms with Crippen LogP contribution in [0.3, 0.4) is 0 Å². The quantitative estimate of drug-likeness (QED) is 0.0167. The van der Waals surface area contributed by atoms with Crippen LogP contribution >= 0.6 is 25.3 Å². The summed E-state index contributed by atoms with van der Waals surface area (Å²) >= 11 is 8.51. The van der Waals surface area contributed by atoms with Crippen molar-refractivity contribution in [3.8, 4) is 5.75 Å². The van der Waals surface area contributed by atoms with E-state index in [0.717, 1.165) is 0 Å². The van der Waals surface area contributed by atoms with E-state index in [1.807, 2.05) is 0 Å². The summed E-state index contributed by atoms with van der Waals surface area (Å²) in [6.45, 7) is 8.31. The van der Waals surface area contributed by atoms with E-state index in [0.29, 0.717) is 49.8 Å². The number of phenolic OH excluding ortho intramolecular Hbond substituents is 1. The van der Waals surface area contributed by atoms with Gasteiger partial charge in [-0.25, -0.2) is 0 Å². The number of benzene rings is 2. The highest BCUT2D eigenvalue weighted by Gasteiger charge is 2.39. The molecule has 2 aromatic rings. The molecule has 0 radical (unpaired) electrons. The molecule has 2 aliphatic rings. The van der Waals surface area contributed by atoms with Gasteiger partial charge in [0.2, 0.25) is 65.0 Å². The van der Waals surface area contributed by atoms with Crippen molar-refractivity contribution >= 4 is 96.2 Å². The Balaban J connectivity index is 1.49. The van der Waals surface area contributed by atoms with Crippen LogP contribution in [0.15, 0.2) is 59.6 Å². The number of aliphatic imine (C=N–C) groups is 1. The first-order valence-electron chi connectivity index (χ1n) is 27.3. The highest BCUT2D eigenvalue weighted by Crippen LogP contribution is 2.21. The van der Waals surface area contributed by atoms with Gasteiger partial charge in [-0.05, 0) is 81.5 Å². The van der Waals surface area contributed by atoms with E-state index >= 15 is 0 Å². The molecular weight excluding hydrogens is 1100 g/mol. The monoisotopic (exact) mass is 1180 g/mol. The summed E-state index contributed by atoms with van der Waals surface area (Å²) in [5.41, 5.74) is 17.6. The normalized spacial score (nSPS) is 18.0. The fourth-order valence-corrected chi connectivity index (χ4v) is 9.85. The molecule has 4 rings (SSSR count). The molecular formula is C54H80N14O12S2. The fraction of sp³-hybridized carbons (Fsp3) is 0.556. The molecule has 0 spiro atoms. The maximum absolute atomic E-state index is 14.4. The van der Waals surface area contributed by atoms with Crippen molar-refractivity contribution in [2.75, 3.05) is 31.1 Å². The van der Waals surface area contributed by atoms with Crippen molar-refractivity contribution in [3.05, 3.63) is 65.7 Å². The van der Waals surface area contributed by atoms with Crippen molar-refractivity contribution in [2.45, 2.75) is 153 Å². The smallest absolute Gasteiger partial charge is 0.245 e. The second kappa shape index (κ2) is 32.7. The lowest BCUT2D eigenvalue weighted by molar-refractivity contribution is -0.141. The number of primary amides is 1. The minimum absolute atomic E-state index is 0.0714. The van der Waals surface area contributed by atoms with Gasteiger partial charge in [-0.15, -0.1) is 0 Å². The van der Waals surface area contributed by atoms with Crippen LogP contribution in [-0.2, 0) is 65.6 Å². The molecule has 2 fully saturated rings. The van der Waals surface area contributed by atoms with Gasteiger partial charge in [-0.1, -0.05) is 62.7 Å². The minimum atomic E-state index is -1.41. The number of carbonyl (C=O) groups excluding carboxylic acids is 11. The topological polar surface area (TPSA) is 401 Å². The van der Waals surface area contributed by atoms with E-state index in [9.17, 15) is 57.8 Å². The van der Waals surface area contributed by atoms with Crippen LogP contribution in [0.4, 0.5) is 0 Å². The molecule has 2 aliphatic heterocycles. The molecule has 11 amide bonds.